The molecule has 2 aromatic heterocycles. The molecule has 2 N–H and O–H groups in total. The summed E-state index contributed by atoms with van der Waals surface area (Å²) < 4.78 is 20.3. The van der Waals surface area contributed by atoms with Crippen LogP contribution >= 0.6 is 0 Å². The zero-order valence-electron chi connectivity index (χ0n) is 30.8. The van der Waals surface area contributed by atoms with Crippen LogP contribution in [0, 0.1) is 0 Å². The molecule has 2 aromatic carbocycles. The highest BCUT2D eigenvalue weighted by Crippen LogP contribution is 2.40. The number of aromatic nitrogens is 3. The van der Waals surface area contributed by atoms with Crippen molar-refractivity contribution >= 4 is 17.4 Å². The van der Waals surface area contributed by atoms with Crippen molar-refractivity contribution < 1.29 is 19.0 Å². The number of nitrogens with one attached hydrogen (secondary N) is 2. The molecule has 11 nitrogen and oxygen atoms in total. The van der Waals surface area contributed by atoms with Crippen molar-refractivity contribution in [3.63, 3.8) is 0 Å². The number of morpholine rings is 1. The minimum Gasteiger partial charge on any atom is -0.484 e. The third-order valence-electron chi connectivity index (χ3n) is 10.9. The van der Waals surface area contributed by atoms with Gasteiger partial charge in [-0.25, -0.2) is 4.79 Å². The molecule has 2 aliphatic heterocycles. The number of carbonyl (C=O) groups excluding carboxylic acids is 1. The molecule has 3 atom stereocenters. The first-order valence-corrected chi connectivity index (χ1v) is 18.5. The van der Waals surface area contributed by atoms with E-state index in [2.05, 4.69) is 94.0 Å². The van der Waals surface area contributed by atoms with Crippen LogP contribution in [0.25, 0.3) is 5.65 Å². The number of ether oxygens (including phenoxy) is 3. The number of hydrogen-bond donors (Lipinski definition) is 2. The summed E-state index contributed by atoms with van der Waals surface area (Å²) in [7, 11) is 2.16. The maximum Gasteiger partial charge on any atom is 0.319 e. The van der Waals surface area contributed by atoms with Gasteiger partial charge in [-0.05, 0) is 98.1 Å². The topological polar surface area (TPSA) is 105 Å². The molecule has 51 heavy (non-hydrogen) atoms. The van der Waals surface area contributed by atoms with Gasteiger partial charge in [-0.3, -0.25) is 14.2 Å². The van der Waals surface area contributed by atoms with E-state index >= 15 is 0 Å². The Morgan fingerprint density at radius 3 is 2.59 bits per heavy atom. The van der Waals surface area contributed by atoms with Gasteiger partial charge in [0.05, 0.1) is 44.2 Å². The largest absolute Gasteiger partial charge is 0.484 e. The Bertz CT molecular complexity index is 1830. The van der Waals surface area contributed by atoms with E-state index in [4.69, 9.17) is 14.2 Å². The van der Waals surface area contributed by atoms with Gasteiger partial charge in [0.1, 0.15) is 11.9 Å². The van der Waals surface area contributed by atoms with Crippen LogP contribution in [-0.4, -0.2) is 83.5 Å². The molecule has 7 rings (SSSR count). The average molecular weight is 696 g/mol. The second-order valence-electron chi connectivity index (χ2n) is 15.6. The average Bonchev–Trinajstić information content (AvgIpc) is 3.70. The first-order chi connectivity index (χ1) is 24.6. The van der Waals surface area contributed by atoms with E-state index in [0.717, 1.165) is 110 Å². The first-order valence-electron chi connectivity index (χ1n) is 18.5. The molecule has 0 spiro atoms. The van der Waals surface area contributed by atoms with Gasteiger partial charge >= 0.3 is 6.03 Å². The van der Waals surface area contributed by atoms with Crippen molar-refractivity contribution in [2.45, 2.75) is 83.1 Å². The van der Waals surface area contributed by atoms with Gasteiger partial charge in [0.25, 0.3) is 0 Å². The molecule has 2 fully saturated rings. The fourth-order valence-corrected chi connectivity index (χ4v) is 7.69. The summed E-state index contributed by atoms with van der Waals surface area (Å²) in [5, 5.41) is 15.5. The Balaban J connectivity index is 1.01. The standard InChI is InChI=1S/C40H53N7O4/c1-39(2,3)29-23-28(27-50-22-19-46-17-20-49-21-18-46)24-30(25-29)41-38(48)42-34-12-13-35(33-10-7-6-9-32(33)34)51-31-11-14-36-43-44-37(47(36)26-31)40(4)15-8-16-45(40)5/h6-7,9-11,14,23-26,34-35H,8,12-13,15-22,27H2,1-5H3,(H2,41,42,48)/t34-,35+,40?/m0/s1. The lowest BCUT2D eigenvalue weighted by Gasteiger charge is -2.32. The number of likely N-dealkylation sites (tertiary alicyclic amines) is 1. The van der Waals surface area contributed by atoms with Crippen LogP contribution in [0.2, 0.25) is 0 Å². The number of carbonyl (C=O) groups is 1. The second-order valence-corrected chi connectivity index (χ2v) is 15.6. The number of pyridine rings is 1. The summed E-state index contributed by atoms with van der Waals surface area (Å²) in [6.45, 7) is 15.3. The van der Waals surface area contributed by atoms with E-state index in [9.17, 15) is 4.79 Å². The van der Waals surface area contributed by atoms with Gasteiger partial charge in [-0.2, -0.15) is 0 Å². The van der Waals surface area contributed by atoms with Gasteiger partial charge in [0, 0.05) is 25.3 Å². The van der Waals surface area contributed by atoms with Gasteiger partial charge in [0.15, 0.2) is 11.5 Å². The minimum atomic E-state index is -0.226. The molecule has 2 saturated heterocycles. The maximum absolute atomic E-state index is 13.5. The molecular weight excluding hydrogens is 642 g/mol. The lowest BCUT2D eigenvalue weighted by Crippen LogP contribution is -2.38. The lowest BCUT2D eigenvalue weighted by atomic mass is 9.85. The zero-order chi connectivity index (χ0) is 35.6. The molecular formula is C40H53N7O4. The highest BCUT2D eigenvalue weighted by atomic mass is 16.5. The molecule has 1 aliphatic carbocycles. The molecule has 11 heteroatoms. The third kappa shape index (κ3) is 7.91. The van der Waals surface area contributed by atoms with Crippen molar-refractivity contribution in [1.29, 1.82) is 0 Å². The van der Waals surface area contributed by atoms with E-state index in [-0.39, 0.29) is 29.1 Å². The number of rotatable bonds is 10. The normalized spacial score (nSPS) is 22.9. The highest BCUT2D eigenvalue weighted by molar-refractivity contribution is 5.89. The van der Waals surface area contributed by atoms with E-state index in [0.29, 0.717) is 13.2 Å². The van der Waals surface area contributed by atoms with Crippen LogP contribution in [0.5, 0.6) is 5.75 Å². The first kappa shape index (κ1) is 35.4. The van der Waals surface area contributed by atoms with Crippen molar-refractivity contribution in [2.24, 2.45) is 0 Å². The molecule has 3 aliphatic rings. The Kier molecular flexibility index (Phi) is 10.3. The van der Waals surface area contributed by atoms with Crippen molar-refractivity contribution in [3.05, 3.63) is 88.9 Å². The number of anilines is 1. The number of amides is 2. The number of benzene rings is 2. The zero-order valence-corrected chi connectivity index (χ0v) is 30.8. The molecule has 0 radical (unpaired) electrons. The van der Waals surface area contributed by atoms with Crippen molar-refractivity contribution in [1.82, 2.24) is 29.7 Å². The predicted molar refractivity (Wildman–Crippen MR) is 198 cm³/mol. The minimum absolute atomic E-state index is 0.0840. The smallest absolute Gasteiger partial charge is 0.319 e. The maximum atomic E-state index is 13.5. The van der Waals surface area contributed by atoms with E-state index < -0.39 is 0 Å². The fraction of sp³-hybridized carbons (Fsp3) is 0.525. The lowest BCUT2D eigenvalue weighted by molar-refractivity contribution is 0.0180. The molecule has 1 unspecified atom stereocenters. The van der Waals surface area contributed by atoms with E-state index in [1.54, 1.807) is 0 Å². The van der Waals surface area contributed by atoms with Crippen LogP contribution in [0.15, 0.2) is 60.8 Å². The molecule has 4 heterocycles. The van der Waals surface area contributed by atoms with Crippen LogP contribution in [0.4, 0.5) is 10.5 Å². The Morgan fingerprint density at radius 1 is 1.02 bits per heavy atom. The number of hydrogen-bond acceptors (Lipinski definition) is 8. The Morgan fingerprint density at radius 2 is 1.82 bits per heavy atom. The van der Waals surface area contributed by atoms with Crippen molar-refractivity contribution in [2.75, 3.05) is 58.4 Å². The van der Waals surface area contributed by atoms with E-state index in [1.807, 2.05) is 36.5 Å². The predicted octanol–water partition coefficient (Wildman–Crippen LogP) is 6.59. The van der Waals surface area contributed by atoms with E-state index in [1.165, 1.54) is 0 Å². The molecule has 0 bridgehead atoms. The van der Waals surface area contributed by atoms with Crippen LogP contribution < -0.4 is 15.4 Å². The number of fused-ring (bicyclic) bond motifs is 2. The van der Waals surface area contributed by atoms with Gasteiger partial charge in [-0.15, -0.1) is 10.2 Å². The number of urea groups is 1. The van der Waals surface area contributed by atoms with Crippen LogP contribution in [0.3, 0.4) is 0 Å². The summed E-state index contributed by atoms with van der Waals surface area (Å²) in [5.41, 5.74) is 5.69. The van der Waals surface area contributed by atoms with Crippen molar-refractivity contribution in [3.8, 4) is 5.75 Å². The summed E-state index contributed by atoms with van der Waals surface area (Å²) in [6.07, 6.45) is 5.58. The summed E-state index contributed by atoms with van der Waals surface area (Å²) in [4.78, 5) is 18.3. The molecule has 272 valence electrons. The monoisotopic (exact) mass is 695 g/mol. The summed E-state index contributed by atoms with van der Waals surface area (Å²) in [6, 6.07) is 18.1. The number of nitrogens with zero attached hydrogens (tertiary/aromatic N) is 5. The SMILES string of the molecule is CN1CCCC1(C)c1nnc2ccc(O[C@@H]3CC[C@H](NC(=O)Nc4cc(COCCN5CCOCC5)cc(C(C)(C)C)c4)c4ccccc43)cn12. The Labute approximate surface area is 301 Å². The summed E-state index contributed by atoms with van der Waals surface area (Å²) in [5.74, 6) is 1.72. The summed E-state index contributed by atoms with van der Waals surface area (Å²) >= 11 is 0. The Hall–Kier alpha value is -4.03. The van der Waals surface area contributed by atoms with Gasteiger partial charge < -0.3 is 24.8 Å². The molecule has 4 aromatic rings. The van der Waals surface area contributed by atoms with Crippen LogP contribution in [0.1, 0.15) is 93.6 Å². The third-order valence-corrected chi connectivity index (χ3v) is 10.9. The quantitative estimate of drug-likeness (QED) is 0.179. The van der Waals surface area contributed by atoms with Crippen LogP contribution in [-0.2, 0) is 27.0 Å². The van der Waals surface area contributed by atoms with Gasteiger partial charge in [-0.1, -0.05) is 51.1 Å². The molecule has 2 amide bonds. The molecule has 0 saturated carbocycles. The second kappa shape index (κ2) is 14.9. The highest BCUT2D eigenvalue weighted by Gasteiger charge is 2.40. The fourth-order valence-electron chi connectivity index (χ4n) is 7.69. The van der Waals surface area contributed by atoms with Gasteiger partial charge in [0.2, 0.25) is 0 Å².